The van der Waals surface area contributed by atoms with Gasteiger partial charge in [-0.15, -0.1) is 0 Å². The van der Waals surface area contributed by atoms with E-state index in [9.17, 15) is 13.2 Å². The first-order valence-corrected chi connectivity index (χ1v) is 7.16. The van der Waals surface area contributed by atoms with Gasteiger partial charge in [-0.2, -0.15) is 13.2 Å². The maximum atomic E-state index is 13.1. The molecular weight excluding hydrogens is 371 g/mol. The van der Waals surface area contributed by atoms with Gasteiger partial charge < -0.3 is 5.32 Å². The van der Waals surface area contributed by atoms with Crippen molar-refractivity contribution in [2.24, 2.45) is 0 Å². The van der Waals surface area contributed by atoms with Crippen LogP contribution in [0.25, 0.3) is 11.4 Å². The molecule has 0 bridgehead atoms. The summed E-state index contributed by atoms with van der Waals surface area (Å²) in [5.41, 5.74) is 0.114. The summed E-state index contributed by atoms with van der Waals surface area (Å²) >= 11 is 9.13. The highest BCUT2D eigenvalue weighted by atomic mass is 79.9. The fraction of sp³-hybridized carbons (Fsp3) is 0.231. The van der Waals surface area contributed by atoms with Crippen molar-refractivity contribution >= 4 is 27.5 Å². The fourth-order valence-corrected chi connectivity index (χ4v) is 2.66. The Bertz CT molecular complexity index is 719. The van der Waals surface area contributed by atoms with Crippen LogP contribution in [0.2, 0.25) is 5.02 Å². The van der Waals surface area contributed by atoms with Gasteiger partial charge in [0.1, 0.15) is 0 Å². The van der Waals surface area contributed by atoms with Crippen molar-refractivity contribution in [3.8, 4) is 11.4 Å². The maximum Gasteiger partial charge on any atom is 0.433 e. The molecule has 0 radical (unpaired) electrons. The lowest BCUT2D eigenvalue weighted by molar-refractivity contribution is -0.141. The predicted molar refractivity (Wildman–Crippen MR) is 75.7 cm³/mol. The van der Waals surface area contributed by atoms with E-state index >= 15 is 0 Å². The van der Waals surface area contributed by atoms with Gasteiger partial charge in [0.15, 0.2) is 11.5 Å². The third kappa shape index (κ3) is 2.77. The van der Waals surface area contributed by atoms with Crippen molar-refractivity contribution in [1.82, 2.24) is 15.3 Å². The molecular formula is C13H8BrClF3N3. The van der Waals surface area contributed by atoms with Gasteiger partial charge in [0.2, 0.25) is 0 Å². The van der Waals surface area contributed by atoms with Crippen LogP contribution in [0.15, 0.2) is 22.7 Å². The van der Waals surface area contributed by atoms with E-state index in [1.165, 1.54) is 0 Å². The summed E-state index contributed by atoms with van der Waals surface area (Å²) in [7, 11) is 0. The zero-order chi connectivity index (χ0) is 15.2. The van der Waals surface area contributed by atoms with Crippen LogP contribution in [0.1, 0.15) is 17.0 Å². The number of hydrogen-bond acceptors (Lipinski definition) is 3. The highest BCUT2D eigenvalue weighted by molar-refractivity contribution is 9.10. The third-order valence-corrected chi connectivity index (χ3v) is 4.35. The average molecular weight is 379 g/mol. The van der Waals surface area contributed by atoms with E-state index in [2.05, 4.69) is 31.2 Å². The molecule has 0 aliphatic carbocycles. The van der Waals surface area contributed by atoms with E-state index in [1.807, 2.05) is 0 Å². The monoisotopic (exact) mass is 377 g/mol. The molecule has 1 N–H and O–H groups in total. The molecule has 1 aromatic carbocycles. The van der Waals surface area contributed by atoms with Gasteiger partial charge in [-0.3, -0.25) is 0 Å². The first kappa shape index (κ1) is 14.7. The minimum absolute atomic E-state index is 0.0436. The van der Waals surface area contributed by atoms with E-state index < -0.39 is 11.9 Å². The predicted octanol–water partition coefficient (Wildman–Crippen LogP) is 4.18. The first-order valence-electron chi connectivity index (χ1n) is 5.99. The SMILES string of the molecule is FC(F)(F)c1nc(-c2ccc(Cl)c(Br)c2)nc2c1CNC2. The second-order valence-electron chi connectivity index (χ2n) is 4.55. The summed E-state index contributed by atoms with van der Waals surface area (Å²) in [5, 5.41) is 3.34. The van der Waals surface area contributed by atoms with E-state index in [0.717, 1.165) is 0 Å². The van der Waals surface area contributed by atoms with Crippen molar-refractivity contribution < 1.29 is 13.2 Å². The number of fused-ring (bicyclic) bond motifs is 1. The van der Waals surface area contributed by atoms with Crippen LogP contribution >= 0.6 is 27.5 Å². The number of benzene rings is 1. The van der Waals surface area contributed by atoms with Gasteiger partial charge in [0.25, 0.3) is 0 Å². The standard InChI is InChI=1S/C13H8BrClF3N3/c14-8-3-6(1-2-9(8)15)12-20-10-5-19-4-7(10)11(21-12)13(16,17)18/h1-3,19H,4-5H2. The average Bonchev–Trinajstić information content (AvgIpc) is 2.87. The Morgan fingerprint density at radius 3 is 2.62 bits per heavy atom. The second kappa shape index (κ2) is 5.23. The summed E-state index contributed by atoms with van der Waals surface area (Å²) in [6.07, 6.45) is -4.50. The highest BCUT2D eigenvalue weighted by Gasteiger charge is 2.38. The number of halogens is 5. The molecule has 1 aliphatic rings. The van der Waals surface area contributed by atoms with E-state index in [-0.39, 0.29) is 17.9 Å². The molecule has 0 unspecified atom stereocenters. The van der Waals surface area contributed by atoms with E-state index in [4.69, 9.17) is 11.6 Å². The zero-order valence-electron chi connectivity index (χ0n) is 10.4. The summed E-state index contributed by atoms with van der Waals surface area (Å²) in [6.45, 7) is 0.442. The van der Waals surface area contributed by atoms with E-state index in [1.54, 1.807) is 18.2 Å². The first-order chi connectivity index (χ1) is 9.86. The molecule has 3 rings (SSSR count). The largest absolute Gasteiger partial charge is 0.433 e. The molecule has 0 fully saturated rings. The summed E-state index contributed by atoms with van der Waals surface area (Å²) in [4.78, 5) is 7.95. The topological polar surface area (TPSA) is 37.8 Å². The molecule has 0 amide bonds. The molecule has 0 saturated carbocycles. The summed E-state index contributed by atoms with van der Waals surface area (Å²) in [6, 6.07) is 4.78. The Kier molecular flexibility index (Phi) is 3.67. The minimum Gasteiger partial charge on any atom is -0.307 e. The van der Waals surface area contributed by atoms with Crippen molar-refractivity contribution in [3.63, 3.8) is 0 Å². The lowest BCUT2D eigenvalue weighted by atomic mass is 10.1. The fourth-order valence-electron chi connectivity index (χ4n) is 2.17. The molecule has 110 valence electrons. The molecule has 1 aliphatic heterocycles. The third-order valence-electron chi connectivity index (χ3n) is 3.13. The Labute approximate surface area is 131 Å². The normalized spacial score (nSPS) is 14.3. The Morgan fingerprint density at radius 1 is 1.19 bits per heavy atom. The number of nitrogens with one attached hydrogen (secondary N) is 1. The van der Waals surface area contributed by atoms with Gasteiger partial charge in [0.05, 0.1) is 10.7 Å². The molecule has 2 aromatic rings. The molecule has 3 nitrogen and oxygen atoms in total. The Morgan fingerprint density at radius 2 is 1.95 bits per heavy atom. The zero-order valence-corrected chi connectivity index (χ0v) is 12.8. The van der Waals surface area contributed by atoms with Crippen molar-refractivity contribution in [2.75, 3.05) is 0 Å². The molecule has 0 atom stereocenters. The number of rotatable bonds is 1. The van der Waals surface area contributed by atoms with Crippen LogP contribution in [0.3, 0.4) is 0 Å². The molecule has 21 heavy (non-hydrogen) atoms. The second-order valence-corrected chi connectivity index (χ2v) is 5.81. The smallest absolute Gasteiger partial charge is 0.307 e. The van der Waals surface area contributed by atoms with Crippen LogP contribution in [0.5, 0.6) is 0 Å². The summed E-state index contributed by atoms with van der Waals surface area (Å²) < 4.78 is 40.0. The van der Waals surface area contributed by atoms with Gasteiger partial charge in [-0.1, -0.05) is 11.6 Å². The Hall–Kier alpha value is -1.18. The van der Waals surface area contributed by atoms with Crippen LogP contribution in [-0.4, -0.2) is 9.97 Å². The molecule has 0 saturated heterocycles. The van der Waals surface area contributed by atoms with E-state index in [0.29, 0.717) is 27.3 Å². The number of alkyl halides is 3. The highest BCUT2D eigenvalue weighted by Crippen LogP contribution is 2.35. The van der Waals surface area contributed by atoms with Crippen LogP contribution in [0.4, 0.5) is 13.2 Å². The van der Waals surface area contributed by atoms with Gasteiger partial charge in [0, 0.05) is 28.7 Å². The van der Waals surface area contributed by atoms with Crippen LogP contribution in [0, 0.1) is 0 Å². The lowest BCUT2D eigenvalue weighted by Crippen LogP contribution is -2.14. The molecule has 0 spiro atoms. The van der Waals surface area contributed by atoms with Crippen molar-refractivity contribution in [1.29, 1.82) is 0 Å². The van der Waals surface area contributed by atoms with Gasteiger partial charge in [-0.05, 0) is 34.1 Å². The number of hydrogen-bond donors (Lipinski definition) is 1. The van der Waals surface area contributed by atoms with Crippen molar-refractivity contribution in [3.05, 3.63) is 44.6 Å². The lowest BCUT2D eigenvalue weighted by Gasteiger charge is -2.12. The maximum absolute atomic E-state index is 13.1. The number of aromatic nitrogens is 2. The quantitative estimate of drug-likeness (QED) is 0.809. The molecule has 1 aromatic heterocycles. The molecule has 8 heteroatoms. The van der Waals surface area contributed by atoms with Gasteiger partial charge >= 0.3 is 6.18 Å². The van der Waals surface area contributed by atoms with Crippen LogP contribution < -0.4 is 5.32 Å². The van der Waals surface area contributed by atoms with Gasteiger partial charge in [-0.25, -0.2) is 9.97 Å². The summed E-state index contributed by atoms with van der Waals surface area (Å²) in [5.74, 6) is 0.0436. The van der Waals surface area contributed by atoms with Crippen LogP contribution in [-0.2, 0) is 19.3 Å². The molecule has 2 heterocycles. The Balaban J connectivity index is 2.18. The number of nitrogens with zero attached hydrogens (tertiary/aromatic N) is 2. The minimum atomic E-state index is -4.50. The van der Waals surface area contributed by atoms with Crippen molar-refractivity contribution in [2.45, 2.75) is 19.3 Å².